The van der Waals surface area contributed by atoms with Gasteiger partial charge in [0, 0.05) is 11.3 Å². The highest BCUT2D eigenvalue weighted by Gasteiger charge is 2.22. The summed E-state index contributed by atoms with van der Waals surface area (Å²) in [5.74, 6) is 0.947. The average molecular weight is 449 g/mol. The van der Waals surface area contributed by atoms with Crippen LogP contribution in [0.4, 0.5) is 5.69 Å². The third-order valence-electron chi connectivity index (χ3n) is 6.56. The van der Waals surface area contributed by atoms with Crippen molar-refractivity contribution in [1.82, 2.24) is 0 Å². The molecule has 0 radical (unpaired) electrons. The first kappa shape index (κ1) is 23.8. The maximum Gasteiger partial charge on any atom is 0.0706 e. The minimum Gasteiger partial charge on any atom is -0.376 e. The Morgan fingerprint density at radius 1 is 0.559 bits per heavy atom. The molecule has 2 heteroatoms. The number of rotatable bonds is 8. The second-order valence-corrected chi connectivity index (χ2v) is 9.71. The van der Waals surface area contributed by atoms with Crippen molar-refractivity contribution in [1.29, 1.82) is 0 Å². The highest BCUT2D eigenvalue weighted by Crippen LogP contribution is 2.37. The summed E-state index contributed by atoms with van der Waals surface area (Å²) in [6.45, 7) is 9.05. The van der Waals surface area contributed by atoms with E-state index in [0.29, 0.717) is 11.8 Å². The van der Waals surface area contributed by atoms with Gasteiger partial charge in [-0.2, -0.15) is 0 Å². The molecule has 0 aromatic heterocycles. The van der Waals surface area contributed by atoms with Gasteiger partial charge in [0.1, 0.15) is 0 Å². The third kappa shape index (κ3) is 5.40. The first-order valence-corrected chi connectivity index (χ1v) is 12.3. The van der Waals surface area contributed by atoms with E-state index in [1.165, 1.54) is 27.8 Å². The lowest BCUT2D eigenvalue weighted by atomic mass is 9.89. The fourth-order valence-corrected chi connectivity index (χ4v) is 4.44. The van der Waals surface area contributed by atoms with Crippen molar-refractivity contribution in [2.75, 3.05) is 5.32 Å². The van der Waals surface area contributed by atoms with Crippen LogP contribution in [0, 0.1) is 0 Å². The predicted molar refractivity (Wildman–Crippen MR) is 146 cm³/mol. The van der Waals surface area contributed by atoms with Crippen molar-refractivity contribution in [3.05, 3.63) is 125 Å². The van der Waals surface area contributed by atoms with Crippen LogP contribution in [-0.4, -0.2) is 0 Å². The Morgan fingerprint density at radius 2 is 1.06 bits per heavy atom. The van der Waals surface area contributed by atoms with Gasteiger partial charge in [-0.15, -0.1) is 0 Å². The first-order valence-electron chi connectivity index (χ1n) is 12.3. The molecule has 0 spiro atoms. The average Bonchev–Trinajstić information content (AvgIpc) is 2.87. The molecule has 2 nitrogen and oxygen atoms in total. The van der Waals surface area contributed by atoms with Crippen LogP contribution in [0.25, 0.3) is 11.1 Å². The highest BCUT2D eigenvalue weighted by atomic mass is 15.0. The van der Waals surface area contributed by atoms with Gasteiger partial charge in [0.05, 0.1) is 12.1 Å². The van der Waals surface area contributed by atoms with E-state index in [2.05, 4.69) is 124 Å². The topological polar surface area (TPSA) is 38.0 Å². The quantitative estimate of drug-likeness (QED) is 0.284. The second-order valence-electron chi connectivity index (χ2n) is 9.71. The zero-order valence-corrected chi connectivity index (χ0v) is 20.7. The molecular formula is C32H36N2. The molecule has 4 aromatic carbocycles. The van der Waals surface area contributed by atoms with E-state index in [9.17, 15) is 0 Å². The van der Waals surface area contributed by atoms with E-state index < -0.39 is 0 Å². The summed E-state index contributed by atoms with van der Waals surface area (Å²) < 4.78 is 0. The Bertz CT molecular complexity index is 1170. The summed E-state index contributed by atoms with van der Waals surface area (Å²) in [7, 11) is 0. The van der Waals surface area contributed by atoms with Crippen LogP contribution in [0.5, 0.6) is 0 Å². The smallest absolute Gasteiger partial charge is 0.0706 e. The molecule has 3 N–H and O–H groups in total. The van der Waals surface area contributed by atoms with Crippen molar-refractivity contribution in [2.24, 2.45) is 5.73 Å². The summed E-state index contributed by atoms with van der Waals surface area (Å²) in [6, 6.07) is 36.2. The van der Waals surface area contributed by atoms with Crippen LogP contribution in [-0.2, 0) is 0 Å². The second kappa shape index (κ2) is 10.7. The molecule has 0 bridgehead atoms. The number of nitrogens with one attached hydrogen (secondary N) is 1. The van der Waals surface area contributed by atoms with Crippen LogP contribution in [0.1, 0.15) is 73.9 Å². The molecule has 0 fully saturated rings. The van der Waals surface area contributed by atoms with Gasteiger partial charge in [-0.1, -0.05) is 125 Å². The molecule has 0 aliphatic heterocycles. The van der Waals surface area contributed by atoms with Crippen molar-refractivity contribution in [3.8, 4) is 11.1 Å². The molecule has 2 atom stereocenters. The fourth-order valence-electron chi connectivity index (χ4n) is 4.44. The number of hydrogen-bond donors (Lipinski definition) is 2. The van der Waals surface area contributed by atoms with Crippen molar-refractivity contribution < 1.29 is 0 Å². The lowest BCUT2D eigenvalue weighted by Gasteiger charge is -2.28. The predicted octanol–water partition coefficient (Wildman–Crippen LogP) is 8.45. The van der Waals surface area contributed by atoms with Gasteiger partial charge in [0.25, 0.3) is 0 Å². The molecule has 0 heterocycles. The summed E-state index contributed by atoms with van der Waals surface area (Å²) in [5.41, 5.74) is 15.5. The largest absolute Gasteiger partial charge is 0.376 e. The van der Waals surface area contributed by atoms with Gasteiger partial charge in [-0.05, 0) is 45.7 Å². The molecule has 34 heavy (non-hydrogen) atoms. The lowest BCUT2D eigenvalue weighted by molar-refractivity contribution is 0.610. The molecule has 0 aliphatic rings. The SMILES string of the molecule is CC(C)c1cc(-c2ccccc2N[C@@H](c2ccccc2)[C@@H](N)c2ccccc2)cc(C(C)C)c1. The number of anilines is 1. The zero-order chi connectivity index (χ0) is 24.1. The molecule has 174 valence electrons. The van der Waals surface area contributed by atoms with Crippen LogP contribution < -0.4 is 11.1 Å². The van der Waals surface area contributed by atoms with E-state index >= 15 is 0 Å². The molecule has 0 aliphatic carbocycles. The summed E-state index contributed by atoms with van der Waals surface area (Å²) in [6.07, 6.45) is 0. The molecule has 4 rings (SSSR count). The van der Waals surface area contributed by atoms with Crippen molar-refractivity contribution in [3.63, 3.8) is 0 Å². The van der Waals surface area contributed by atoms with Crippen LogP contribution in [0.2, 0.25) is 0 Å². The Balaban J connectivity index is 1.78. The first-order chi connectivity index (χ1) is 16.4. The van der Waals surface area contributed by atoms with Gasteiger partial charge in [0.2, 0.25) is 0 Å². The normalized spacial score (nSPS) is 13.1. The Kier molecular flexibility index (Phi) is 7.49. The fraction of sp³-hybridized carbons (Fsp3) is 0.250. The standard InChI is InChI=1S/C32H36N2/c1-22(2)26-19-27(23(3)4)21-28(20-26)29-17-11-12-18-30(29)34-32(25-15-9-6-10-16-25)31(33)24-13-7-5-8-14-24/h5-23,31-32,34H,33H2,1-4H3/t31-,32-/m0/s1. The lowest BCUT2D eigenvalue weighted by Crippen LogP contribution is -2.26. The molecule has 0 saturated heterocycles. The Labute approximate surface area is 204 Å². The summed E-state index contributed by atoms with van der Waals surface area (Å²) in [5, 5.41) is 3.83. The Hall–Kier alpha value is -3.36. The molecular weight excluding hydrogens is 412 g/mol. The minimum absolute atomic E-state index is 0.0670. The minimum atomic E-state index is -0.190. The van der Waals surface area contributed by atoms with Crippen LogP contribution in [0.15, 0.2) is 103 Å². The van der Waals surface area contributed by atoms with Crippen LogP contribution >= 0.6 is 0 Å². The van der Waals surface area contributed by atoms with Gasteiger partial charge in [-0.25, -0.2) is 0 Å². The molecule has 0 saturated carbocycles. The monoisotopic (exact) mass is 448 g/mol. The van der Waals surface area contributed by atoms with Crippen molar-refractivity contribution >= 4 is 5.69 Å². The third-order valence-corrected chi connectivity index (χ3v) is 6.56. The van der Waals surface area contributed by atoms with Gasteiger partial charge in [-0.3, -0.25) is 0 Å². The number of para-hydroxylation sites is 1. The summed E-state index contributed by atoms with van der Waals surface area (Å²) in [4.78, 5) is 0. The van der Waals surface area contributed by atoms with E-state index in [4.69, 9.17) is 5.73 Å². The van der Waals surface area contributed by atoms with Crippen molar-refractivity contribution in [2.45, 2.75) is 51.6 Å². The van der Waals surface area contributed by atoms with Gasteiger partial charge in [0.15, 0.2) is 0 Å². The van der Waals surface area contributed by atoms with Crippen LogP contribution in [0.3, 0.4) is 0 Å². The van der Waals surface area contributed by atoms with E-state index in [0.717, 1.165) is 11.3 Å². The maximum absolute atomic E-state index is 6.87. The Morgan fingerprint density at radius 3 is 1.62 bits per heavy atom. The van der Waals surface area contributed by atoms with E-state index in [1.807, 2.05) is 12.1 Å². The molecule has 0 unspecified atom stereocenters. The zero-order valence-electron chi connectivity index (χ0n) is 20.7. The molecule has 0 amide bonds. The highest BCUT2D eigenvalue weighted by molar-refractivity contribution is 5.79. The number of benzene rings is 4. The van der Waals surface area contributed by atoms with E-state index in [-0.39, 0.29) is 12.1 Å². The van der Waals surface area contributed by atoms with Gasteiger partial charge >= 0.3 is 0 Å². The molecule has 4 aromatic rings. The van der Waals surface area contributed by atoms with Gasteiger partial charge < -0.3 is 11.1 Å². The summed E-state index contributed by atoms with van der Waals surface area (Å²) >= 11 is 0. The number of nitrogens with two attached hydrogens (primary N) is 1. The maximum atomic E-state index is 6.87. The van der Waals surface area contributed by atoms with E-state index in [1.54, 1.807) is 0 Å². The number of hydrogen-bond acceptors (Lipinski definition) is 2.